The Morgan fingerprint density at radius 1 is 0.541 bits per heavy atom. The molecule has 0 aliphatic heterocycles. The van der Waals surface area contributed by atoms with Gasteiger partial charge in [0.2, 0.25) is 0 Å². The number of nitrogens with one attached hydrogen (secondary N) is 1. The number of rotatable bonds is 20. The second-order valence-corrected chi connectivity index (χ2v) is 17.5. The molecule has 0 unspecified atom stereocenters. The molecule has 0 aliphatic carbocycles. The van der Waals surface area contributed by atoms with Gasteiger partial charge in [-0.15, -0.1) is 0 Å². The molecule has 322 valence electrons. The van der Waals surface area contributed by atoms with Crippen LogP contribution in [0.1, 0.15) is 12.0 Å². The van der Waals surface area contributed by atoms with E-state index in [9.17, 15) is 28.3 Å². The van der Waals surface area contributed by atoms with E-state index >= 15 is 0 Å². The molecule has 18 heteroatoms. The second kappa shape index (κ2) is 22.8. The van der Waals surface area contributed by atoms with Crippen LogP contribution in [0.5, 0.6) is 23.0 Å². The number of carboxylic acid groups (broad SMARTS) is 2. The highest BCUT2D eigenvalue weighted by atomic mass is 31.2. The van der Waals surface area contributed by atoms with E-state index in [4.69, 9.17) is 42.9 Å². The monoisotopic (exact) mass is 877 g/mol. The molecule has 0 aliphatic rings. The van der Waals surface area contributed by atoms with Crippen molar-refractivity contribution in [3.05, 3.63) is 133 Å². The minimum absolute atomic E-state index is 0.0217. The average molecular weight is 878 g/mol. The Labute approximate surface area is 352 Å². The average Bonchev–Trinajstić information content (AvgIpc) is 3.29. The summed E-state index contributed by atoms with van der Waals surface area (Å²) in [5.74, 6) is -0.974. The Morgan fingerprint density at radius 2 is 0.885 bits per heavy atom. The van der Waals surface area contributed by atoms with Gasteiger partial charge in [-0.25, -0.2) is 9.59 Å². The Kier molecular flexibility index (Phi) is 17.7. The molecule has 0 bridgehead atoms. The maximum Gasteiger partial charge on any atom is 0.408 e. The molecular formula is C43H45NO15P2. The summed E-state index contributed by atoms with van der Waals surface area (Å²) in [6.45, 7) is -1.10. The van der Waals surface area contributed by atoms with Gasteiger partial charge in [0, 0.05) is 21.2 Å². The standard InChI is InChI=1S/C31H32O9P2.C12H13NO6/c1-35-24-5-13-28(14-6-24)41(33,29-15-7-25(36-2)8-16-29)39-21-23(32)22-40-42(34,30-17-9-26(37-3)10-18-30)31-19-11-27(38-4)12-20-31;14-10(15)6-9(11(16)17)13-12(18)19-7-8-4-2-1-3-5-8/h5-20H,21-22H2,1-4H3;1-5,9H,6-7H2,(H,13,18)(H,14,15)(H,16,17)/t;9-/m.0/s1. The van der Waals surface area contributed by atoms with Gasteiger partial charge in [0.1, 0.15) is 48.9 Å². The first-order chi connectivity index (χ1) is 29.2. The van der Waals surface area contributed by atoms with Crippen molar-refractivity contribution >= 4 is 59.8 Å². The Morgan fingerprint density at radius 3 is 1.18 bits per heavy atom. The van der Waals surface area contributed by atoms with Crippen LogP contribution in [-0.2, 0) is 43.9 Å². The molecule has 5 aromatic carbocycles. The normalized spacial score (nSPS) is 11.5. The Hall–Kier alpha value is -6.44. The molecule has 0 aromatic heterocycles. The predicted octanol–water partition coefficient (Wildman–Crippen LogP) is 5.32. The number of aliphatic carboxylic acids is 2. The van der Waals surface area contributed by atoms with Crippen LogP contribution in [0, 0.1) is 0 Å². The van der Waals surface area contributed by atoms with Gasteiger partial charge in [0.25, 0.3) is 14.7 Å². The summed E-state index contributed by atoms with van der Waals surface area (Å²) in [6, 6.07) is 33.7. The van der Waals surface area contributed by atoms with Crippen LogP contribution >= 0.6 is 14.7 Å². The van der Waals surface area contributed by atoms with E-state index in [0.717, 1.165) is 5.56 Å². The van der Waals surface area contributed by atoms with Crippen LogP contribution in [0.15, 0.2) is 127 Å². The summed E-state index contributed by atoms with van der Waals surface area (Å²) in [5.41, 5.74) is 0.739. The number of benzene rings is 5. The third kappa shape index (κ3) is 13.5. The number of alkyl carbamates (subject to hydrolysis) is 1. The molecule has 0 radical (unpaired) electrons. The van der Waals surface area contributed by atoms with E-state index in [1.165, 1.54) is 28.4 Å². The summed E-state index contributed by atoms with van der Waals surface area (Å²) in [7, 11) is -1.32. The number of hydrogen-bond donors (Lipinski definition) is 3. The van der Waals surface area contributed by atoms with Crippen LogP contribution in [0.3, 0.4) is 0 Å². The lowest BCUT2D eigenvalue weighted by atomic mass is 10.2. The van der Waals surface area contributed by atoms with Crippen LogP contribution in [-0.4, -0.2) is 81.7 Å². The zero-order valence-corrected chi connectivity index (χ0v) is 35.4. The number of amides is 1. The molecule has 0 fully saturated rings. The zero-order chi connectivity index (χ0) is 44.4. The van der Waals surface area contributed by atoms with Crippen LogP contribution in [0.25, 0.3) is 0 Å². The maximum atomic E-state index is 14.3. The summed E-state index contributed by atoms with van der Waals surface area (Å²) >= 11 is 0. The summed E-state index contributed by atoms with van der Waals surface area (Å²) in [4.78, 5) is 45.5. The smallest absolute Gasteiger partial charge is 0.408 e. The molecule has 0 spiro atoms. The van der Waals surface area contributed by atoms with E-state index < -0.39 is 64.2 Å². The predicted molar refractivity (Wildman–Crippen MR) is 226 cm³/mol. The highest BCUT2D eigenvalue weighted by molar-refractivity contribution is 7.74. The van der Waals surface area contributed by atoms with Crippen LogP contribution in [0.4, 0.5) is 4.79 Å². The number of methoxy groups -OCH3 is 4. The molecule has 61 heavy (non-hydrogen) atoms. The molecule has 5 aromatic rings. The SMILES string of the molecule is COc1ccc(P(=O)(OCC(=O)COP(=O)(c2ccc(OC)cc2)c2ccc(OC)cc2)c2ccc(OC)cc2)cc1.O=C(O)C[C@H](NC(=O)OCc1ccccc1)C(=O)O. The summed E-state index contributed by atoms with van der Waals surface area (Å²) in [5, 5.41) is 20.7. The fourth-order valence-corrected chi connectivity index (χ4v) is 9.37. The van der Waals surface area contributed by atoms with Crippen molar-refractivity contribution in [2.45, 2.75) is 19.1 Å². The van der Waals surface area contributed by atoms with Gasteiger partial charge in [-0.3, -0.25) is 18.7 Å². The zero-order valence-electron chi connectivity index (χ0n) is 33.6. The van der Waals surface area contributed by atoms with Gasteiger partial charge in [-0.05, 0) is 103 Å². The molecule has 16 nitrogen and oxygen atoms in total. The first kappa shape index (κ1) is 47.2. The molecule has 1 atom stereocenters. The number of hydrogen-bond acceptors (Lipinski definition) is 13. The van der Waals surface area contributed by atoms with Gasteiger partial charge >= 0.3 is 18.0 Å². The fraction of sp³-hybridized carbons (Fsp3) is 0.209. The van der Waals surface area contributed by atoms with E-state index in [1.807, 2.05) is 5.32 Å². The van der Waals surface area contributed by atoms with Gasteiger partial charge in [-0.2, -0.15) is 0 Å². The minimum Gasteiger partial charge on any atom is -0.497 e. The highest BCUT2D eigenvalue weighted by Crippen LogP contribution is 2.47. The van der Waals surface area contributed by atoms with E-state index in [2.05, 4.69) is 0 Å². The third-order valence-corrected chi connectivity index (χ3v) is 13.5. The van der Waals surface area contributed by atoms with Crippen LogP contribution < -0.4 is 45.5 Å². The number of carboxylic acids is 2. The van der Waals surface area contributed by atoms with Crippen molar-refractivity contribution in [1.82, 2.24) is 5.32 Å². The largest absolute Gasteiger partial charge is 0.497 e. The highest BCUT2D eigenvalue weighted by Gasteiger charge is 2.33. The topological polar surface area (TPSA) is 220 Å². The minimum atomic E-state index is -3.72. The Bertz CT molecular complexity index is 2080. The number of ketones is 1. The van der Waals surface area contributed by atoms with Crippen molar-refractivity contribution in [2.75, 3.05) is 41.7 Å². The number of ether oxygens (including phenoxy) is 5. The molecular weight excluding hydrogens is 832 g/mol. The lowest BCUT2D eigenvalue weighted by Crippen LogP contribution is -2.42. The first-order valence-electron chi connectivity index (χ1n) is 18.3. The van der Waals surface area contributed by atoms with Crippen molar-refractivity contribution in [2.24, 2.45) is 0 Å². The lowest BCUT2D eigenvalue weighted by Gasteiger charge is -2.21. The summed E-state index contributed by atoms with van der Waals surface area (Å²) < 4.78 is 66.0. The van der Waals surface area contributed by atoms with E-state index in [1.54, 1.807) is 127 Å². The maximum absolute atomic E-state index is 14.3. The number of Topliss-reactive ketones (excluding diaryl/α,β-unsaturated/α-hetero) is 1. The molecule has 5 rings (SSSR count). The quantitative estimate of drug-likeness (QED) is 0.0843. The molecule has 0 saturated heterocycles. The van der Waals surface area contributed by atoms with Crippen LogP contribution in [0.2, 0.25) is 0 Å². The second-order valence-electron chi connectivity index (χ2n) is 12.7. The summed E-state index contributed by atoms with van der Waals surface area (Å²) in [6.07, 6.45) is -1.69. The lowest BCUT2D eigenvalue weighted by molar-refractivity contribution is -0.145. The van der Waals surface area contributed by atoms with Crippen molar-refractivity contribution in [1.29, 1.82) is 0 Å². The number of carbonyl (C=O) groups excluding carboxylic acids is 2. The van der Waals surface area contributed by atoms with Gasteiger partial charge in [0.05, 0.1) is 34.9 Å². The molecule has 0 heterocycles. The fourth-order valence-electron chi connectivity index (χ4n) is 5.36. The molecule has 0 saturated carbocycles. The van der Waals surface area contributed by atoms with Crippen molar-refractivity contribution in [3.8, 4) is 23.0 Å². The van der Waals surface area contributed by atoms with E-state index in [0.29, 0.717) is 44.2 Å². The third-order valence-electron chi connectivity index (χ3n) is 8.65. The molecule has 1 amide bonds. The molecule has 3 N–H and O–H groups in total. The van der Waals surface area contributed by atoms with Gasteiger partial charge < -0.3 is 48.3 Å². The van der Waals surface area contributed by atoms with Gasteiger partial charge in [0.15, 0.2) is 5.78 Å². The van der Waals surface area contributed by atoms with Crippen molar-refractivity contribution < 1.29 is 71.3 Å². The Balaban J connectivity index is 0.000000361. The first-order valence-corrected chi connectivity index (χ1v) is 21.5. The van der Waals surface area contributed by atoms with Crippen molar-refractivity contribution in [3.63, 3.8) is 0 Å². The van der Waals surface area contributed by atoms with Gasteiger partial charge in [-0.1, -0.05) is 30.3 Å². The number of carbonyl (C=O) groups is 4. The van der Waals surface area contributed by atoms with E-state index in [-0.39, 0.29) is 6.61 Å².